The topological polar surface area (TPSA) is 60.5 Å². The lowest BCUT2D eigenvalue weighted by Crippen LogP contribution is -2.20. The van der Waals surface area contributed by atoms with Gasteiger partial charge in [-0.1, -0.05) is 24.3 Å². The molecule has 5 nitrogen and oxygen atoms in total. The van der Waals surface area contributed by atoms with Crippen molar-refractivity contribution in [3.8, 4) is 22.8 Å². The first-order chi connectivity index (χ1) is 13.4. The molecule has 1 amide bonds. The second kappa shape index (κ2) is 8.30. The Bertz CT molecular complexity index is 973. The summed E-state index contributed by atoms with van der Waals surface area (Å²) in [6.45, 7) is -0.265. The lowest BCUT2D eigenvalue weighted by Gasteiger charge is -2.09. The molecule has 3 rings (SSSR count). The number of carbonyl (C=O) groups excluding carboxylic acids is 1. The van der Waals surface area contributed by atoms with Gasteiger partial charge in [-0.2, -0.15) is 13.2 Å². The molecule has 146 valence electrons. The number of benzene rings is 2. The minimum Gasteiger partial charge on any atom is -0.493 e. The van der Waals surface area contributed by atoms with Gasteiger partial charge in [0.1, 0.15) is 0 Å². The van der Waals surface area contributed by atoms with Crippen molar-refractivity contribution in [1.82, 2.24) is 4.98 Å². The fraction of sp³-hybridized carbons (Fsp3) is 0.158. The zero-order valence-corrected chi connectivity index (χ0v) is 15.4. The number of methoxy groups -OCH3 is 1. The van der Waals surface area contributed by atoms with Crippen LogP contribution in [0.1, 0.15) is 5.56 Å². The molecular weight excluding hydrogens is 393 g/mol. The molecule has 28 heavy (non-hydrogen) atoms. The largest absolute Gasteiger partial charge is 0.493 e. The molecule has 0 saturated carbocycles. The standard InChI is InChI=1S/C19H15F3N2O3S/c1-26-15-7-2-3-8-16(15)27-10-17(25)24-18-23-14(11-28-18)12-5-4-6-13(9-12)19(20,21)22/h2-9,11H,10H2,1H3,(H,23,24,25). The Morgan fingerprint density at radius 3 is 2.61 bits per heavy atom. The molecule has 3 aromatic rings. The summed E-state index contributed by atoms with van der Waals surface area (Å²) in [5.74, 6) is 0.469. The summed E-state index contributed by atoms with van der Waals surface area (Å²) >= 11 is 1.11. The number of para-hydroxylation sites is 2. The number of hydrogen-bond donors (Lipinski definition) is 1. The molecule has 0 unspecified atom stereocenters. The Labute approximate surface area is 162 Å². The number of ether oxygens (including phenoxy) is 2. The summed E-state index contributed by atoms with van der Waals surface area (Å²) in [7, 11) is 1.49. The zero-order chi connectivity index (χ0) is 20.1. The SMILES string of the molecule is COc1ccccc1OCC(=O)Nc1nc(-c2cccc(C(F)(F)F)c2)cs1. The molecule has 0 radical (unpaired) electrons. The van der Waals surface area contributed by atoms with E-state index in [1.807, 2.05) is 0 Å². The Balaban J connectivity index is 1.64. The molecule has 1 aromatic heterocycles. The summed E-state index contributed by atoms with van der Waals surface area (Å²) < 4.78 is 49.1. The average molecular weight is 408 g/mol. The van der Waals surface area contributed by atoms with Crippen LogP contribution in [0, 0.1) is 0 Å². The molecule has 0 bridgehead atoms. The van der Waals surface area contributed by atoms with Crippen molar-refractivity contribution in [2.24, 2.45) is 0 Å². The molecule has 1 heterocycles. The third-order valence-electron chi connectivity index (χ3n) is 3.66. The Morgan fingerprint density at radius 2 is 1.89 bits per heavy atom. The highest BCUT2D eigenvalue weighted by molar-refractivity contribution is 7.14. The van der Waals surface area contributed by atoms with E-state index in [4.69, 9.17) is 9.47 Å². The van der Waals surface area contributed by atoms with Gasteiger partial charge in [-0.25, -0.2) is 4.98 Å². The van der Waals surface area contributed by atoms with Crippen molar-refractivity contribution in [1.29, 1.82) is 0 Å². The highest BCUT2D eigenvalue weighted by Gasteiger charge is 2.30. The summed E-state index contributed by atoms with van der Waals surface area (Å²) in [5.41, 5.74) is -0.0947. The molecule has 9 heteroatoms. The normalized spacial score (nSPS) is 11.1. The summed E-state index contributed by atoms with van der Waals surface area (Å²) in [6.07, 6.45) is -4.43. The third-order valence-corrected chi connectivity index (χ3v) is 4.42. The van der Waals surface area contributed by atoms with Gasteiger partial charge in [0.25, 0.3) is 5.91 Å². The third kappa shape index (κ3) is 4.80. The molecule has 0 saturated heterocycles. The van der Waals surface area contributed by atoms with Crippen LogP contribution in [0.3, 0.4) is 0 Å². The number of rotatable bonds is 6. The van der Waals surface area contributed by atoms with Crippen LogP contribution in [-0.2, 0) is 11.0 Å². The van der Waals surface area contributed by atoms with E-state index >= 15 is 0 Å². The van der Waals surface area contributed by atoms with Gasteiger partial charge in [0.05, 0.1) is 18.4 Å². The number of aromatic nitrogens is 1. The monoisotopic (exact) mass is 408 g/mol. The highest BCUT2D eigenvalue weighted by atomic mass is 32.1. The predicted octanol–water partition coefficient (Wildman–Crippen LogP) is 4.86. The zero-order valence-electron chi connectivity index (χ0n) is 14.6. The number of alkyl halides is 3. The minimum absolute atomic E-state index is 0.265. The summed E-state index contributed by atoms with van der Waals surface area (Å²) in [5, 5.41) is 4.41. The van der Waals surface area contributed by atoms with Gasteiger partial charge in [0, 0.05) is 10.9 Å². The molecule has 0 aliphatic carbocycles. The molecule has 2 aromatic carbocycles. The molecular formula is C19H15F3N2O3S. The van der Waals surface area contributed by atoms with E-state index in [-0.39, 0.29) is 11.7 Å². The molecule has 0 fully saturated rings. The van der Waals surface area contributed by atoms with E-state index < -0.39 is 17.6 Å². The summed E-state index contributed by atoms with van der Waals surface area (Å²) in [6, 6.07) is 11.8. The number of thiazole rings is 1. The van der Waals surface area contributed by atoms with E-state index in [0.29, 0.717) is 22.8 Å². The Hall–Kier alpha value is -3.07. The lowest BCUT2D eigenvalue weighted by molar-refractivity contribution is -0.137. The number of hydrogen-bond acceptors (Lipinski definition) is 5. The highest BCUT2D eigenvalue weighted by Crippen LogP contribution is 2.33. The fourth-order valence-corrected chi connectivity index (χ4v) is 3.09. The van der Waals surface area contributed by atoms with Crippen LogP contribution in [-0.4, -0.2) is 24.6 Å². The van der Waals surface area contributed by atoms with Crippen LogP contribution in [0.4, 0.5) is 18.3 Å². The van der Waals surface area contributed by atoms with E-state index in [2.05, 4.69) is 10.3 Å². The van der Waals surface area contributed by atoms with Gasteiger partial charge in [0.2, 0.25) is 0 Å². The quantitative estimate of drug-likeness (QED) is 0.633. The van der Waals surface area contributed by atoms with Crippen molar-refractivity contribution in [3.05, 3.63) is 59.5 Å². The van der Waals surface area contributed by atoms with Crippen LogP contribution in [0.2, 0.25) is 0 Å². The van der Waals surface area contributed by atoms with Crippen molar-refractivity contribution >= 4 is 22.4 Å². The first-order valence-corrected chi connectivity index (χ1v) is 8.93. The van der Waals surface area contributed by atoms with Crippen molar-refractivity contribution in [3.63, 3.8) is 0 Å². The Morgan fingerprint density at radius 1 is 1.14 bits per heavy atom. The molecule has 0 atom stereocenters. The number of carbonyl (C=O) groups is 1. The fourth-order valence-electron chi connectivity index (χ4n) is 2.36. The summed E-state index contributed by atoms with van der Waals surface area (Å²) in [4.78, 5) is 16.2. The number of halogens is 3. The molecule has 1 N–H and O–H groups in total. The van der Waals surface area contributed by atoms with Crippen LogP contribution < -0.4 is 14.8 Å². The van der Waals surface area contributed by atoms with Crippen molar-refractivity contribution < 1.29 is 27.4 Å². The second-order valence-corrected chi connectivity index (χ2v) is 6.46. The van der Waals surface area contributed by atoms with Gasteiger partial charge in [-0.05, 0) is 24.3 Å². The van der Waals surface area contributed by atoms with Crippen LogP contribution in [0.5, 0.6) is 11.5 Å². The van der Waals surface area contributed by atoms with Gasteiger partial charge >= 0.3 is 6.18 Å². The smallest absolute Gasteiger partial charge is 0.416 e. The maximum atomic E-state index is 12.8. The number of anilines is 1. The van der Waals surface area contributed by atoms with Crippen molar-refractivity contribution in [2.75, 3.05) is 19.0 Å². The molecule has 0 aliphatic rings. The maximum absolute atomic E-state index is 12.8. The number of nitrogens with one attached hydrogen (secondary N) is 1. The minimum atomic E-state index is -4.43. The maximum Gasteiger partial charge on any atom is 0.416 e. The van der Waals surface area contributed by atoms with Crippen molar-refractivity contribution in [2.45, 2.75) is 6.18 Å². The average Bonchev–Trinajstić information content (AvgIpc) is 3.14. The predicted molar refractivity (Wildman–Crippen MR) is 99.7 cm³/mol. The van der Waals surface area contributed by atoms with Crippen LogP contribution in [0.15, 0.2) is 53.9 Å². The van der Waals surface area contributed by atoms with E-state index in [0.717, 1.165) is 23.5 Å². The van der Waals surface area contributed by atoms with Crippen LogP contribution in [0.25, 0.3) is 11.3 Å². The first kappa shape index (κ1) is 19.7. The van der Waals surface area contributed by atoms with E-state index in [9.17, 15) is 18.0 Å². The Kier molecular flexibility index (Phi) is 5.84. The van der Waals surface area contributed by atoms with Gasteiger partial charge in [-0.15, -0.1) is 11.3 Å². The van der Waals surface area contributed by atoms with Gasteiger partial charge in [-0.3, -0.25) is 10.1 Å². The van der Waals surface area contributed by atoms with Crippen LogP contribution >= 0.6 is 11.3 Å². The molecule has 0 spiro atoms. The lowest BCUT2D eigenvalue weighted by atomic mass is 10.1. The number of amides is 1. The van der Waals surface area contributed by atoms with Gasteiger partial charge < -0.3 is 9.47 Å². The van der Waals surface area contributed by atoms with E-state index in [1.54, 1.807) is 29.6 Å². The van der Waals surface area contributed by atoms with Gasteiger partial charge in [0.15, 0.2) is 23.2 Å². The molecule has 0 aliphatic heterocycles. The van der Waals surface area contributed by atoms with E-state index in [1.165, 1.54) is 19.2 Å². The number of nitrogens with zero attached hydrogens (tertiary/aromatic N) is 1. The first-order valence-electron chi connectivity index (χ1n) is 8.05. The second-order valence-electron chi connectivity index (χ2n) is 5.60.